The SMILES string of the molecule is CNc1nnc(C(=O)NC(C)(C)C)s1. The Morgan fingerprint density at radius 2 is 2.00 bits per heavy atom. The molecule has 0 aliphatic heterocycles. The number of hydrogen-bond acceptors (Lipinski definition) is 5. The third-order valence-electron chi connectivity index (χ3n) is 1.32. The van der Waals surface area contributed by atoms with Crippen LogP contribution in [0.3, 0.4) is 0 Å². The minimum atomic E-state index is -0.247. The second-order valence-electron chi connectivity index (χ2n) is 3.87. The third kappa shape index (κ3) is 2.95. The van der Waals surface area contributed by atoms with Gasteiger partial charge in [-0.3, -0.25) is 4.79 Å². The van der Waals surface area contributed by atoms with Gasteiger partial charge >= 0.3 is 0 Å². The summed E-state index contributed by atoms with van der Waals surface area (Å²) in [6, 6.07) is 0. The minimum Gasteiger partial charge on any atom is -0.363 e. The van der Waals surface area contributed by atoms with Gasteiger partial charge in [-0.2, -0.15) is 0 Å². The molecule has 6 heteroatoms. The van der Waals surface area contributed by atoms with Crippen LogP contribution in [0.1, 0.15) is 30.6 Å². The molecule has 1 rings (SSSR count). The van der Waals surface area contributed by atoms with Crippen LogP contribution in [0, 0.1) is 0 Å². The molecule has 1 aromatic rings. The number of carbonyl (C=O) groups is 1. The number of rotatable bonds is 2. The first-order valence-electron chi connectivity index (χ1n) is 4.26. The molecular weight excluding hydrogens is 200 g/mol. The molecule has 0 aliphatic rings. The zero-order valence-corrected chi connectivity index (χ0v) is 9.53. The molecule has 1 aromatic heterocycles. The van der Waals surface area contributed by atoms with E-state index < -0.39 is 0 Å². The van der Waals surface area contributed by atoms with Crippen molar-refractivity contribution in [2.45, 2.75) is 26.3 Å². The first kappa shape index (κ1) is 10.9. The van der Waals surface area contributed by atoms with E-state index in [4.69, 9.17) is 0 Å². The molecule has 0 saturated carbocycles. The molecule has 0 bridgehead atoms. The van der Waals surface area contributed by atoms with Gasteiger partial charge in [-0.05, 0) is 20.8 Å². The highest BCUT2D eigenvalue weighted by atomic mass is 32.1. The van der Waals surface area contributed by atoms with E-state index in [-0.39, 0.29) is 11.4 Å². The highest BCUT2D eigenvalue weighted by Crippen LogP contribution is 2.14. The van der Waals surface area contributed by atoms with Crippen molar-refractivity contribution in [1.29, 1.82) is 0 Å². The second kappa shape index (κ2) is 3.91. The zero-order valence-electron chi connectivity index (χ0n) is 8.71. The summed E-state index contributed by atoms with van der Waals surface area (Å²) in [7, 11) is 1.74. The van der Waals surface area contributed by atoms with Crippen LogP contribution in [-0.2, 0) is 0 Å². The van der Waals surface area contributed by atoms with E-state index in [2.05, 4.69) is 20.8 Å². The molecule has 1 amide bonds. The van der Waals surface area contributed by atoms with Crippen molar-refractivity contribution in [1.82, 2.24) is 15.5 Å². The molecule has 0 saturated heterocycles. The Kier molecular flexibility index (Phi) is 3.05. The van der Waals surface area contributed by atoms with Gasteiger partial charge in [0.1, 0.15) is 0 Å². The summed E-state index contributed by atoms with van der Waals surface area (Å²) < 4.78 is 0. The molecule has 2 N–H and O–H groups in total. The standard InChI is InChI=1S/C8H14N4OS/c1-8(2,3)10-5(13)6-11-12-7(9-4)14-6/h1-4H3,(H,9,12)(H,10,13). The molecular formula is C8H14N4OS. The summed E-state index contributed by atoms with van der Waals surface area (Å²) >= 11 is 1.24. The lowest BCUT2D eigenvalue weighted by Gasteiger charge is -2.19. The largest absolute Gasteiger partial charge is 0.363 e. The quantitative estimate of drug-likeness (QED) is 0.774. The van der Waals surface area contributed by atoms with E-state index >= 15 is 0 Å². The summed E-state index contributed by atoms with van der Waals surface area (Å²) in [6.45, 7) is 5.76. The maximum atomic E-state index is 11.6. The van der Waals surface area contributed by atoms with Crippen LogP contribution in [0.25, 0.3) is 0 Å². The predicted octanol–water partition coefficient (Wildman–Crippen LogP) is 1.11. The van der Waals surface area contributed by atoms with Gasteiger partial charge in [0.2, 0.25) is 10.1 Å². The number of carbonyl (C=O) groups excluding carboxylic acids is 1. The normalized spacial score (nSPS) is 11.1. The Labute approximate surface area is 86.9 Å². The van der Waals surface area contributed by atoms with Crippen LogP contribution in [0.2, 0.25) is 0 Å². The van der Waals surface area contributed by atoms with Gasteiger partial charge in [0.05, 0.1) is 0 Å². The van der Waals surface area contributed by atoms with Crippen molar-refractivity contribution in [3.8, 4) is 0 Å². The van der Waals surface area contributed by atoms with E-state index in [9.17, 15) is 4.79 Å². The highest BCUT2D eigenvalue weighted by molar-refractivity contribution is 7.17. The van der Waals surface area contributed by atoms with Crippen molar-refractivity contribution in [2.75, 3.05) is 12.4 Å². The molecule has 0 aromatic carbocycles. The topological polar surface area (TPSA) is 66.9 Å². The van der Waals surface area contributed by atoms with Gasteiger partial charge in [0, 0.05) is 12.6 Å². The van der Waals surface area contributed by atoms with Crippen molar-refractivity contribution >= 4 is 22.4 Å². The van der Waals surface area contributed by atoms with E-state index in [1.165, 1.54) is 11.3 Å². The average molecular weight is 214 g/mol. The number of aromatic nitrogens is 2. The van der Waals surface area contributed by atoms with E-state index in [0.29, 0.717) is 10.1 Å². The first-order chi connectivity index (χ1) is 6.42. The number of anilines is 1. The fourth-order valence-electron chi connectivity index (χ4n) is 0.810. The fourth-order valence-corrected chi connectivity index (χ4v) is 1.40. The third-order valence-corrected chi connectivity index (χ3v) is 2.26. The smallest absolute Gasteiger partial charge is 0.282 e. The van der Waals surface area contributed by atoms with Crippen molar-refractivity contribution < 1.29 is 4.79 Å². The Bertz CT molecular complexity index is 328. The lowest BCUT2D eigenvalue weighted by molar-refractivity contribution is 0.0918. The van der Waals surface area contributed by atoms with E-state index in [1.54, 1.807) is 7.05 Å². The molecule has 78 valence electrons. The van der Waals surface area contributed by atoms with Crippen molar-refractivity contribution in [3.05, 3.63) is 5.01 Å². The zero-order chi connectivity index (χ0) is 10.8. The van der Waals surface area contributed by atoms with E-state index in [0.717, 1.165) is 0 Å². The summed E-state index contributed by atoms with van der Waals surface area (Å²) in [6.07, 6.45) is 0. The molecule has 5 nitrogen and oxygen atoms in total. The maximum Gasteiger partial charge on any atom is 0.282 e. The molecule has 0 aliphatic carbocycles. The Morgan fingerprint density at radius 3 is 2.43 bits per heavy atom. The highest BCUT2D eigenvalue weighted by Gasteiger charge is 2.18. The number of nitrogens with one attached hydrogen (secondary N) is 2. The fraction of sp³-hybridized carbons (Fsp3) is 0.625. The van der Waals surface area contributed by atoms with Gasteiger partial charge in [-0.1, -0.05) is 11.3 Å². The second-order valence-corrected chi connectivity index (χ2v) is 4.84. The Hall–Kier alpha value is -1.17. The molecule has 0 atom stereocenters. The monoisotopic (exact) mass is 214 g/mol. The molecule has 0 radical (unpaired) electrons. The number of hydrogen-bond donors (Lipinski definition) is 2. The van der Waals surface area contributed by atoms with Gasteiger partial charge in [0.15, 0.2) is 0 Å². The van der Waals surface area contributed by atoms with Crippen molar-refractivity contribution in [3.63, 3.8) is 0 Å². The minimum absolute atomic E-state index is 0.184. The van der Waals surface area contributed by atoms with Crippen LogP contribution in [0.15, 0.2) is 0 Å². The van der Waals surface area contributed by atoms with Crippen LogP contribution in [-0.4, -0.2) is 28.7 Å². The van der Waals surface area contributed by atoms with Crippen LogP contribution < -0.4 is 10.6 Å². The lowest BCUT2D eigenvalue weighted by Crippen LogP contribution is -2.40. The average Bonchev–Trinajstić information content (AvgIpc) is 2.48. The first-order valence-corrected chi connectivity index (χ1v) is 5.08. The molecule has 0 unspecified atom stereocenters. The predicted molar refractivity (Wildman–Crippen MR) is 56.7 cm³/mol. The van der Waals surface area contributed by atoms with Gasteiger partial charge in [0.25, 0.3) is 5.91 Å². The lowest BCUT2D eigenvalue weighted by atomic mass is 10.1. The summed E-state index contributed by atoms with van der Waals surface area (Å²) in [5, 5.41) is 14.2. The number of nitrogens with zero attached hydrogens (tertiary/aromatic N) is 2. The van der Waals surface area contributed by atoms with Gasteiger partial charge < -0.3 is 10.6 Å². The van der Waals surface area contributed by atoms with Gasteiger partial charge in [-0.15, -0.1) is 10.2 Å². The summed E-state index contributed by atoms with van der Waals surface area (Å²) in [5.74, 6) is -0.184. The van der Waals surface area contributed by atoms with Crippen LogP contribution >= 0.6 is 11.3 Å². The molecule has 14 heavy (non-hydrogen) atoms. The van der Waals surface area contributed by atoms with Crippen LogP contribution in [0.5, 0.6) is 0 Å². The Morgan fingerprint density at radius 1 is 1.36 bits per heavy atom. The Balaban J connectivity index is 2.70. The maximum absolute atomic E-state index is 11.6. The van der Waals surface area contributed by atoms with Crippen LogP contribution in [0.4, 0.5) is 5.13 Å². The molecule has 1 heterocycles. The summed E-state index contributed by atoms with van der Waals surface area (Å²) in [4.78, 5) is 11.6. The number of amides is 1. The van der Waals surface area contributed by atoms with Gasteiger partial charge in [-0.25, -0.2) is 0 Å². The van der Waals surface area contributed by atoms with E-state index in [1.807, 2.05) is 20.8 Å². The van der Waals surface area contributed by atoms with Crippen molar-refractivity contribution in [2.24, 2.45) is 0 Å². The molecule has 0 spiro atoms. The molecule has 0 fully saturated rings. The summed E-state index contributed by atoms with van der Waals surface area (Å²) in [5.41, 5.74) is -0.247.